The van der Waals surface area contributed by atoms with E-state index in [-0.39, 0.29) is 0 Å². The number of hydrogen-bond acceptors (Lipinski definition) is 2. The predicted molar refractivity (Wildman–Crippen MR) is 82.8 cm³/mol. The van der Waals surface area contributed by atoms with Crippen LogP contribution < -0.4 is 15.5 Å². The van der Waals surface area contributed by atoms with Gasteiger partial charge in [-0.3, -0.25) is 0 Å². The maximum atomic E-state index is 5.65. The van der Waals surface area contributed by atoms with Crippen molar-refractivity contribution < 1.29 is 9.32 Å². The number of quaternary nitrogens is 1. The summed E-state index contributed by atoms with van der Waals surface area (Å²) >= 11 is 5.36. The lowest BCUT2D eigenvalue weighted by molar-refractivity contribution is -0.936. The molecule has 2 heterocycles. The van der Waals surface area contributed by atoms with E-state index < -0.39 is 0 Å². The molecule has 1 aliphatic carbocycles. The van der Waals surface area contributed by atoms with E-state index in [1.807, 2.05) is 6.07 Å². The number of rotatable bonds is 5. The molecule has 2 aliphatic rings. The van der Waals surface area contributed by atoms with E-state index in [0.717, 1.165) is 17.4 Å². The molecule has 20 heavy (non-hydrogen) atoms. The van der Waals surface area contributed by atoms with Crippen LogP contribution in [0.25, 0.3) is 0 Å². The minimum Gasteiger partial charge on any atom is -0.463 e. The second kappa shape index (κ2) is 6.59. The highest BCUT2D eigenvalue weighted by Gasteiger charge is 2.29. The summed E-state index contributed by atoms with van der Waals surface area (Å²) in [7, 11) is 0. The molecule has 0 bridgehead atoms. The van der Waals surface area contributed by atoms with Crippen LogP contribution in [-0.4, -0.2) is 30.8 Å². The quantitative estimate of drug-likeness (QED) is 0.709. The Kier molecular flexibility index (Phi) is 4.58. The van der Waals surface area contributed by atoms with Gasteiger partial charge in [0.15, 0.2) is 16.9 Å². The lowest BCUT2D eigenvalue weighted by Crippen LogP contribution is -3.13. The van der Waals surface area contributed by atoms with E-state index in [0.29, 0.717) is 12.1 Å². The highest BCUT2D eigenvalue weighted by Crippen LogP contribution is 2.18. The van der Waals surface area contributed by atoms with Crippen LogP contribution in [0.3, 0.4) is 0 Å². The fourth-order valence-corrected chi connectivity index (χ4v) is 3.20. The number of likely N-dealkylation sites (tertiary alicyclic amines) is 1. The van der Waals surface area contributed by atoms with E-state index in [2.05, 4.69) is 16.7 Å². The van der Waals surface area contributed by atoms with Gasteiger partial charge in [0.2, 0.25) is 0 Å². The van der Waals surface area contributed by atoms with Crippen LogP contribution >= 0.6 is 12.2 Å². The van der Waals surface area contributed by atoms with Gasteiger partial charge < -0.3 is 20.0 Å². The van der Waals surface area contributed by atoms with Crippen LogP contribution in [0, 0.1) is 0 Å². The van der Waals surface area contributed by atoms with Gasteiger partial charge in [-0.2, -0.15) is 0 Å². The zero-order chi connectivity index (χ0) is 13.8. The highest BCUT2D eigenvalue weighted by molar-refractivity contribution is 7.80. The average Bonchev–Trinajstić information content (AvgIpc) is 3.12. The summed E-state index contributed by atoms with van der Waals surface area (Å²) < 4.78 is 5.65. The standard InChI is InChI=1S/C15H23N3OS/c20-15(17-12-6-7-12)16-11-13(14-5-4-10-19-14)18-8-2-1-3-9-18/h4-5,10,12-13H,1-3,6-9,11H2,(H2,16,17,20)/p+1/t13-/m1/s1. The Balaban J connectivity index is 1.57. The first-order valence-electron chi connectivity index (χ1n) is 7.75. The van der Waals surface area contributed by atoms with Crippen molar-refractivity contribution in [3.63, 3.8) is 0 Å². The van der Waals surface area contributed by atoms with Gasteiger partial charge >= 0.3 is 0 Å². The molecule has 2 fully saturated rings. The maximum Gasteiger partial charge on any atom is 0.166 e. The smallest absolute Gasteiger partial charge is 0.166 e. The Bertz CT molecular complexity index is 424. The van der Waals surface area contributed by atoms with Gasteiger partial charge in [0, 0.05) is 6.04 Å². The third-order valence-electron chi connectivity index (χ3n) is 4.25. The van der Waals surface area contributed by atoms with Crippen molar-refractivity contribution in [1.82, 2.24) is 10.6 Å². The van der Waals surface area contributed by atoms with E-state index in [1.165, 1.54) is 45.2 Å². The maximum absolute atomic E-state index is 5.65. The zero-order valence-corrected chi connectivity index (χ0v) is 12.7. The topological polar surface area (TPSA) is 41.6 Å². The number of thiocarbonyl (C=S) groups is 1. The Morgan fingerprint density at radius 1 is 1.35 bits per heavy atom. The zero-order valence-electron chi connectivity index (χ0n) is 11.9. The molecule has 1 aromatic rings. The third-order valence-corrected chi connectivity index (χ3v) is 4.52. The normalized spacial score (nSPS) is 21.4. The molecule has 0 radical (unpaired) electrons. The van der Waals surface area contributed by atoms with Crippen LogP contribution in [0.4, 0.5) is 0 Å². The average molecular weight is 294 g/mol. The molecule has 0 spiro atoms. The van der Waals surface area contributed by atoms with Crippen LogP contribution in [0.1, 0.15) is 43.9 Å². The minimum atomic E-state index is 0.365. The van der Waals surface area contributed by atoms with Gasteiger partial charge in [-0.1, -0.05) is 0 Å². The van der Waals surface area contributed by atoms with Gasteiger partial charge in [0.1, 0.15) is 0 Å². The summed E-state index contributed by atoms with van der Waals surface area (Å²) in [4.78, 5) is 1.62. The monoisotopic (exact) mass is 294 g/mol. The minimum absolute atomic E-state index is 0.365. The van der Waals surface area contributed by atoms with Crippen molar-refractivity contribution in [3.05, 3.63) is 24.2 Å². The SMILES string of the molecule is S=C(NC[C@H](c1ccco1)[NH+]1CCCCC1)NC1CC1. The van der Waals surface area contributed by atoms with Crippen molar-refractivity contribution in [2.75, 3.05) is 19.6 Å². The first-order valence-corrected chi connectivity index (χ1v) is 8.16. The molecule has 1 saturated heterocycles. The summed E-state index contributed by atoms with van der Waals surface area (Å²) in [6.07, 6.45) is 8.27. The third kappa shape index (κ3) is 3.73. The number of piperidine rings is 1. The molecule has 3 N–H and O–H groups in total. The van der Waals surface area contributed by atoms with Crippen molar-refractivity contribution in [2.24, 2.45) is 0 Å². The van der Waals surface area contributed by atoms with Gasteiger partial charge in [-0.25, -0.2) is 0 Å². The lowest BCUT2D eigenvalue weighted by Gasteiger charge is -2.30. The fraction of sp³-hybridized carbons (Fsp3) is 0.667. The number of nitrogens with one attached hydrogen (secondary N) is 3. The second-order valence-electron chi connectivity index (χ2n) is 5.92. The highest BCUT2D eigenvalue weighted by atomic mass is 32.1. The van der Waals surface area contributed by atoms with E-state index >= 15 is 0 Å². The first-order chi connectivity index (χ1) is 9.83. The Morgan fingerprint density at radius 2 is 2.15 bits per heavy atom. The fourth-order valence-electron chi connectivity index (χ4n) is 2.95. The first kappa shape index (κ1) is 13.9. The molecule has 0 amide bonds. The van der Waals surface area contributed by atoms with E-state index in [9.17, 15) is 0 Å². The molecule has 3 rings (SSSR count). The van der Waals surface area contributed by atoms with Crippen LogP contribution in [0.5, 0.6) is 0 Å². The molecule has 4 nitrogen and oxygen atoms in total. The van der Waals surface area contributed by atoms with Crippen molar-refractivity contribution in [1.29, 1.82) is 0 Å². The van der Waals surface area contributed by atoms with Crippen LogP contribution in [0.15, 0.2) is 22.8 Å². The summed E-state index contributed by atoms with van der Waals surface area (Å²) in [5.74, 6) is 1.07. The summed E-state index contributed by atoms with van der Waals surface area (Å²) in [6.45, 7) is 3.31. The molecule has 1 saturated carbocycles. The van der Waals surface area contributed by atoms with Crippen molar-refractivity contribution in [3.8, 4) is 0 Å². The molecule has 5 heteroatoms. The Labute approximate surface area is 125 Å². The molecule has 1 aliphatic heterocycles. The van der Waals surface area contributed by atoms with E-state index in [1.54, 1.807) is 11.2 Å². The molecule has 1 aromatic heterocycles. The second-order valence-corrected chi connectivity index (χ2v) is 6.32. The Hall–Kier alpha value is -1.07. The van der Waals surface area contributed by atoms with Crippen LogP contribution in [0.2, 0.25) is 0 Å². The van der Waals surface area contributed by atoms with Crippen LogP contribution in [-0.2, 0) is 0 Å². The molecular weight excluding hydrogens is 270 g/mol. The number of hydrogen-bond donors (Lipinski definition) is 3. The van der Waals surface area contributed by atoms with Gasteiger partial charge in [0.25, 0.3) is 0 Å². The lowest BCUT2D eigenvalue weighted by atomic mass is 10.1. The van der Waals surface area contributed by atoms with E-state index in [4.69, 9.17) is 16.6 Å². The summed E-state index contributed by atoms with van der Waals surface area (Å²) in [5.41, 5.74) is 0. The summed E-state index contributed by atoms with van der Waals surface area (Å²) in [6, 6.07) is 5.04. The van der Waals surface area contributed by atoms with Gasteiger partial charge in [0.05, 0.1) is 25.9 Å². The molecule has 0 unspecified atom stereocenters. The van der Waals surface area contributed by atoms with Crippen molar-refractivity contribution >= 4 is 17.3 Å². The largest absolute Gasteiger partial charge is 0.463 e. The summed E-state index contributed by atoms with van der Waals surface area (Å²) in [5, 5.41) is 7.51. The molecular formula is C15H24N3OS+. The van der Waals surface area contributed by atoms with Gasteiger partial charge in [-0.15, -0.1) is 0 Å². The van der Waals surface area contributed by atoms with Gasteiger partial charge in [-0.05, 0) is 56.5 Å². The van der Waals surface area contributed by atoms with Crippen molar-refractivity contribution in [2.45, 2.75) is 44.2 Å². The molecule has 0 aromatic carbocycles. The Morgan fingerprint density at radius 3 is 2.80 bits per heavy atom. The molecule has 110 valence electrons. The number of furan rings is 1. The molecule has 1 atom stereocenters. The predicted octanol–water partition coefficient (Wildman–Crippen LogP) is 1.02.